The maximum absolute atomic E-state index is 11.3. The number of carbonyl (C=O) groups is 2. The molecule has 0 saturated heterocycles. The first-order chi connectivity index (χ1) is 12.2. The third-order valence-corrected chi connectivity index (χ3v) is 2.97. The second kappa shape index (κ2) is 19.5. The van der Waals surface area contributed by atoms with Crippen LogP contribution in [0, 0.1) is 0 Å². The highest BCUT2D eigenvalue weighted by molar-refractivity contribution is 7.10. The summed E-state index contributed by atoms with van der Waals surface area (Å²) < 4.78 is 35.2. The number of rotatable bonds is 18. The van der Waals surface area contributed by atoms with Crippen molar-refractivity contribution in [2.45, 2.75) is 12.8 Å². The van der Waals surface area contributed by atoms with Gasteiger partial charge in [0.05, 0.1) is 81.8 Å². The highest BCUT2D eigenvalue weighted by atomic mass is 31.0. The van der Waals surface area contributed by atoms with Crippen molar-refractivity contribution in [1.82, 2.24) is 0 Å². The van der Waals surface area contributed by atoms with E-state index in [2.05, 4.69) is 4.52 Å². The topological polar surface area (TPSA) is 98.8 Å². The number of hydrogen-bond acceptors (Lipinski definition) is 9. The van der Waals surface area contributed by atoms with E-state index in [1.165, 1.54) is 0 Å². The van der Waals surface area contributed by atoms with E-state index >= 15 is 0 Å². The summed E-state index contributed by atoms with van der Waals surface area (Å²) in [6.45, 7) is 4.40. The average Bonchev–Trinajstić information content (AvgIpc) is 2.62. The molecular weight excluding hydrogens is 355 g/mol. The molecule has 1 unspecified atom stereocenters. The van der Waals surface area contributed by atoms with Crippen LogP contribution < -0.4 is 0 Å². The Balaban J connectivity index is 3.14. The molecular formula is C15H29O9P. The zero-order valence-corrected chi connectivity index (χ0v) is 15.9. The first-order valence-corrected chi connectivity index (χ1v) is 8.53. The van der Waals surface area contributed by atoms with E-state index in [0.717, 1.165) is 0 Å². The second-order valence-electron chi connectivity index (χ2n) is 4.65. The summed E-state index contributed by atoms with van der Waals surface area (Å²) in [6.07, 6.45) is -0.00779. The minimum absolute atomic E-state index is 0.00161. The highest BCUT2D eigenvalue weighted by Gasteiger charge is 2.07. The van der Waals surface area contributed by atoms with Gasteiger partial charge in [0.2, 0.25) is 0 Å². The van der Waals surface area contributed by atoms with Crippen molar-refractivity contribution in [2.24, 2.45) is 0 Å². The molecule has 0 aromatic carbocycles. The fourth-order valence-corrected chi connectivity index (χ4v) is 1.57. The average molecular weight is 384 g/mol. The molecule has 0 aromatic rings. The van der Waals surface area contributed by atoms with E-state index in [1.54, 1.807) is 7.11 Å². The number of ether oxygens (including phenoxy) is 6. The maximum atomic E-state index is 11.3. The van der Waals surface area contributed by atoms with Crippen LogP contribution in [0.5, 0.6) is 0 Å². The van der Waals surface area contributed by atoms with E-state index in [4.69, 9.17) is 28.4 Å². The van der Waals surface area contributed by atoms with Crippen molar-refractivity contribution >= 4 is 21.4 Å². The molecule has 0 bridgehead atoms. The van der Waals surface area contributed by atoms with Crippen LogP contribution in [0.2, 0.25) is 0 Å². The Morgan fingerprint density at radius 3 is 1.48 bits per heavy atom. The Morgan fingerprint density at radius 2 is 1.04 bits per heavy atom. The van der Waals surface area contributed by atoms with E-state index in [0.29, 0.717) is 52.9 Å². The molecule has 0 aromatic heterocycles. The van der Waals surface area contributed by atoms with Gasteiger partial charge in [-0.3, -0.25) is 9.59 Å². The molecule has 0 aliphatic heterocycles. The molecule has 0 N–H and O–H groups in total. The van der Waals surface area contributed by atoms with Crippen LogP contribution in [0.4, 0.5) is 0 Å². The van der Waals surface area contributed by atoms with E-state index < -0.39 is 11.9 Å². The normalized spacial score (nSPS) is 10.6. The predicted octanol–water partition coefficient (Wildman–Crippen LogP) is 0.356. The Kier molecular flexibility index (Phi) is 18.8. The van der Waals surface area contributed by atoms with Crippen molar-refractivity contribution < 1.29 is 42.5 Å². The van der Waals surface area contributed by atoms with Gasteiger partial charge in [-0.25, -0.2) is 0 Å². The molecule has 0 radical (unpaired) electrons. The van der Waals surface area contributed by atoms with E-state index in [1.807, 2.05) is 9.47 Å². The number of esters is 1. The molecule has 0 amide bonds. The highest BCUT2D eigenvalue weighted by Crippen LogP contribution is 1.98. The lowest BCUT2D eigenvalue weighted by atomic mass is 10.3. The molecule has 0 rings (SSSR count). The summed E-state index contributed by atoms with van der Waals surface area (Å²) in [5, 5.41) is 0. The lowest BCUT2D eigenvalue weighted by Gasteiger charge is -2.08. The molecule has 1 atom stereocenters. The molecule has 0 heterocycles. The fourth-order valence-electron chi connectivity index (χ4n) is 1.45. The molecule has 0 spiro atoms. The lowest BCUT2D eigenvalue weighted by molar-refractivity contribution is -0.148. The Labute approximate surface area is 150 Å². The minimum atomic E-state index is -0.474. The summed E-state index contributed by atoms with van der Waals surface area (Å²) in [5.74, 6) is -0.934. The van der Waals surface area contributed by atoms with Crippen molar-refractivity contribution in [1.29, 1.82) is 0 Å². The van der Waals surface area contributed by atoms with Gasteiger partial charge in [0.15, 0.2) is 0 Å². The third kappa shape index (κ3) is 19.3. The molecule has 25 heavy (non-hydrogen) atoms. The summed E-state index contributed by atoms with van der Waals surface area (Å²) in [5.41, 5.74) is 0. The number of methoxy groups -OCH3 is 1. The van der Waals surface area contributed by atoms with Gasteiger partial charge in [0.25, 0.3) is 0 Å². The van der Waals surface area contributed by atoms with Crippen LogP contribution in [0.15, 0.2) is 0 Å². The van der Waals surface area contributed by atoms with Crippen molar-refractivity contribution in [3.63, 3.8) is 0 Å². The quantitative estimate of drug-likeness (QED) is 0.188. The number of carbonyl (C=O) groups excluding carboxylic acids is 2. The monoisotopic (exact) mass is 384 g/mol. The van der Waals surface area contributed by atoms with Gasteiger partial charge in [0.1, 0.15) is 6.61 Å². The molecule has 0 fully saturated rings. The standard InChI is InChI=1S/C15H29O9P/c1-18-4-5-19-6-7-20-8-9-21-10-11-22-12-13-23-14(16)2-3-15(17)24-25/h2-13,25H2,1H3. The van der Waals surface area contributed by atoms with Gasteiger partial charge in [-0.2, -0.15) is 0 Å². The molecule has 0 aliphatic rings. The zero-order valence-electron chi connectivity index (χ0n) is 14.7. The summed E-state index contributed by atoms with van der Waals surface area (Å²) in [7, 11) is 3.46. The van der Waals surface area contributed by atoms with Crippen LogP contribution in [0.3, 0.4) is 0 Å². The summed E-state index contributed by atoms with van der Waals surface area (Å²) in [6, 6.07) is 0. The maximum Gasteiger partial charge on any atom is 0.308 e. The molecule has 0 saturated carbocycles. The second-order valence-corrected chi connectivity index (χ2v) is 4.89. The third-order valence-electron chi connectivity index (χ3n) is 2.70. The first kappa shape index (κ1) is 24.2. The van der Waals surface area contributed by atoms with E-state index in [9.17, 15) is 9.59 Å². The largest absolute Gasteiger partial charge is 0.463 e. The van der Waals surface area contributed by atoms with Crippen LogP contribution >= 0.6 is 9.47 Å². The van der Waals surface area contributed by atoms with Crippen LogP contribution in [-0.2, 0) is 42.5 Å². The minimum Gasteiger partial charge on any atom is -0.463 e. The number of hydrogen-bond donors (Lipinski definition) is 0. The SMILES string of the molecule is COCCOCCOCCOCCOCCOC(=O)CCC(=O)OP. The first-order valence-electron chi connectivity index (χ1n) is 8.05. The van der Waals surface area contributed by atoms with E-state index in [-0.39, 0.29) is 26.1 Å². The summed E-state index contributed by atoms with van der Waals surface area (Å²) in [4.78, 5) is 22.1. The van der Waals surface area contributed by atoms with Crippen molar-refractivity contribution in [2.75, 3.05) is 73.2 Å². The smallest absolute Gasteiger partial charge is 0.308 e. The Morgan fingerprint density at radius 1 is 0.640 bits per heavy atom. The fraction of sp³-hybridized carbons (Fsp3) is 0.867. The predicted molar refractivity (Wildman–Crippen MR) is 91.1 cm³/mol. The van der Waals surface area contributed by atoms with Crippen LogP contribution in [-0.4, -0.2) is 85.1 Å². The van der Waals surface area contributed by atoms with Gasteiger partial charge in [-0.05, 0) is 0 Å². The molecule has 148 valence electrons. The molecule has 9 nitrogen and oxygen atoms in total. The van der Waals surface area contributed by atoms with Crippen molar-refractivity contribution in [3.05, 3.63) is 0 Å². The van der Waals surface area contributed by atoms with Gasteiger partial charge in [-0.15, -0.1) is 0 Å². The molecule has 0 aliphatic carbocycles. The van der Waals surface area contributed by atoms with Gasteiger partial charge in [-0.1, -0.05) is 0 Å². The van der Waals surface area contributed by atoms with Gasteiger partial charge < -0.3 is 32.9 Å². The van der Waals surface area contributed by atoms with Gasteiger partial charge in [0, 0.05) is 7.11 Å². The lowest BCUT2D eigenvalue weighted by Crippen LogP contribution is -2.15. The van der Waals surface area contributed by atoms with Gasteiger partial charge >= 0.3 is 11.9 Å². The zero-order chi connectivity index (χ0) is 18.6. The van der Waals surface area contributed by atoms with Crippen LogP contribution in [0.25, 0.3) is 0 Å². The van der Waals surface area contributed by atoms with Crippen LogP contribution in [0.1, 0.15) is 12.8 Å². The Bertz CT molecular complexity index is 328. The Hall–Kier alpha value is -0.830. The molecule has 10 heteroatoms. The summed E-state index contributed by atoms with van der Waals surface area (Å²) >= 11 is 0. The van der Waals surface area contributed by atoms with Crippen molar-refractivity contribution in [3.8, 4) is 0 Å².